The van der Waals surface area contributed by atoms with Crippen molar-refractivity contribution in [2.75, 3.05) is 0 Å². The van der Waals surface area contributed by atoms with Crippen molar-refractivity contribution in [1.82, 2.24) is 15.4 Å². The van der Waals surface area contributed by atoms with Crippen molar-refractivity contribution in [2.45, 2.75) is 13.0 Å². The number of nitrogens with two attached hydrogens (primary N) is 1. The minimum absolute atomic E-state index is 0.143. The van der Waals surface area contributed by atoms with E-state index in [-0.39, 0.29) is 6.04 Å². The molecule has 0 aliphatic heterocycles. The van der Waals surface area contributed by atoms with Gasteiger partial charge in [-0.1, -0.05) is 28.1 Å². The van der Waals surface area contributed by atoms with Crippen LogP contribution in [-0.2, 0) is 0 Å². The number of aryl methyl sites for hydroxylation is 1. The Kier molecular flexibility index (Phi) is 3.83. The van der Waals surface area contributed by atoms with E-state index in [9.17, 15) is 0 Å². The largest absolute Gasteiger partial charge is 0.271 e. The first-order valence-electron chi connectivity index (χ1n) is 5.20. The molecule has 2 rings (SSSR count). The van der Waals surface area contributed by atoms with E-state index in [1.807, 2.05) is 19.1 Å². The fourth-order valence-electron chi connectivity index (χ4n) is 1.66. The molecule has 3 N–H and O–H groups in total. The first kappa shape index (κ1) is 12.2. The Labute approximate surface area is 108 Å². The Balaban J connectivity index is 2.39. The molecule has 0 fully saturated rings. The van der Waals surface area contributed by atoms with Gasteiger partial charge in [-0.3, -0.25) is 15.8 Å². The van der Waals surface area contributed by atoms with Crippen LogP contribution < -0.4 is 11.3 Å². The van der Waals surface area contributed by atoms with Crippen molar-refractivity contribution >= 4 is 15.9 Å². The predicted molar refractivity (Wildman–Crippen MR) is 70.1 cm³/mol. The van der Waals surface area contributed by atoms with Gasteiger partial charge in [-0.25, -0.2) is 5.43 Å². The summed E-state index contributed by atoms with van der Waals surface area (Å²) in [5, 5.41) is 0. The molecule has 0 bridgehead atoms. The molecule has 5 heteroatoms. The summed E-state index contributed by atoms with van der Waals surface area (Å²) in [7, 11) is 0. The molecule has 0 amide bonds. The molecule has 1 aromatic carbocycles. The lowest BCUT2D eigenvalue weighted by atomic mass is 10.0. The summed E-state index contributed by atoms with van der Waals surface area (Å²) in [4.78, 5) is 8.31. The van der Waals surface area contributed by atoms with Crippen LogP contribution >= 0.6 is 15.9 Å². The lowest BCUT2D eigenvalue weighted by Gasteiger charge is -2.16. The van der Waals surface area contributed by atoms with Gasteiger partial charge < -0.3 is 0 Å². The zero-order valence-electron chi connectivity index (χ0n) is 9.39. The number of hydrogen-bond donors (Lipinski definition) is 2. The van der Waals surface area contributed by atoms with E-state index in [1.165, 1.54) is 0 Å². The minimum Gasteiger partial charge on any atom is -0.271 e. The van der Waals surface area contributed by atoms with E-state index in [1.54, 1.807) is 18.6 Å². The van der Waals surface area contributed by atoms with Crippen LogP contribution in [0.1, 0.15) is 22.9 Å². The van der Waals surface area contributed by atoms with Gasteiger partial charge in [0.05, 0.1) is 17.9 Å². The maximum Gasteiger partial charge on any atom is 0.0897 e. The average Bonchev–Trinajstić information content (AvgIpc) is 2.36. The Morgan fingerprint density at radius 3 is 2.76 bits per heavy atom. The van der Waals surface area contributed by atoms with E-state index in [2.05, 4.69) is 37.4 Å². The standard InChI is InChI=1S/C12H13BrN4/c1-8-6-9(2-3-10(8)13)12(17-14)11-7-15-4-5-16-11/h2-7,12,17H,14H2,1H3. The van der Waals surface area contributed by atoms with Gasteiger partial charge in [0.15, 0.2) is 0 Å². The summed E-state index contributed by atoms with van der Waals surface area (Å²) in [6.07, 6.45) is 5.01. The molecule has 2 aromatic rings. The Morgan fingerprint density at radius 2 is 2.18 bits per heavy atom. The van der Waals surface area contributed by atoms with Crippen molar-refractivity contribution in [2.24, 2.45) is 5.84 Å². The smallest absolute Gasteiger partial charge is 0.0897 e. The molecule has 0 radical (unpaired) electrons. The third-order valence-electron chi connectivity index (χ3n) is 2.56. The topological polar surface area (TPSA) is 63.8 Å². The van der Waals surface area contributed by atoms with Gasteiger partial charge in [-0.05, 0) is 24.1 Å². The Morgan fingerprint density at radius 1 is 1.35 bits per heavy atom. The maximum atomic E-state index is 5.60. The van der Waals surface area contributed by atoms with E-state index in [0.717, 1.165) is 21.3 Å². The predicted octanol–water partition coefficient (Wildman–Crippen LogP) is 2.10. The Bertz CT molecular complexity index is 501. The molecule has 0 aliphatic carbocycles. The molecule has 0 saturated carbocycles. The minimum atomic E-state index is -0.143. The first-order chi connectivity index (χ1) is 8.22. The fraction of sp³-hybridized carbons (Fsp3) is 0.167. The first-order valence-corrected chi connectivity index (χ1v) is 5.99. The molecule has 1 unspecified atom stereocenters. The summed E-state index contributed by atoms with van der Waals surface area (Å²) < 4.78 is 1.08. The highest BCUT2D eigenvalue weighted by Crippen LogP contribution is 2.24. The van der Waals surface area contributed by atoms with Gasteiger partial charge in [0, 0.05) is 16.9 Å². The number of nitrogens with zero attached hydrogens (tertiary/aromatic N) is 2. The van der Waals surface area contributed by atoms with Crippen molar-refractivity contribution in [3.8, 4) is 0 Å². The van der Waals surface area contributed by atoms with Gasteiger partial charge in [0.1, 0.15) is 0 Å². The lowest BCUT2D eigenvalue weighted by Crippen LogP contribution is -2.29. The second kappa shape index (κ2) is 5.35. The van der Waals surface area contributed by atoms with Crippen LogP contribution in [0.25, 0.3) is 0 Å². The molecule has 0 spiro atoms. The second-order valence-corrected chi connectivity index (χ2v) is 4.59. The van der Waals surface area contributed by atoms with Gasteiger partial charge in [-0.15, -0.1) is 0 Å². The van der Waals surface area contributed by atoms with Crippen LogP contribution in [0.3, 0.4) is 0 Å². The molecule has 4 nitrogen and oxygen atoms in total. The number of benzene rings is 1. The highest BCUT2D eigenvalue weighted by molar-refractivity contribution is 9.10. The van der Waals surface area contributed by atoms with Crippen LogP contribution in [0.2, 0.25) is 0 Å². The molecule has 1 aromatic heterocycles. The third-order valence-corrected chi connectivity index (χ3v) is 3.45. The molecule has 0 saturated heterocycles. The molecule has 1 atom stereocenters. The number of nitrogens with one attached hydrogen (secondary N) is 1. The molecule has 17 heavy (non-hydrogen) atoms. The summed E-state index contributed by atoms with van der Waals surface area (Å²) >= 11 is 3.48. The van der Waals surface area contributed by atoms with E-state index < -0.39 is 0 Å². The number of aromatic nitrogens is 2. The van der Waals surface area contributed by atoms with Gasteiger partial charge in [-0.2, -0.15) is 0 Å². The third kappa shape index (κ3) is 2.69. The van der Waals surface area contributed by atoms with Crippen LogP contribution in [0.4, 0.5) is 0 Å². The Hall–Kier alpha value is -1.30. The average molecular weight is 293 g/mol. The van der Waals surface area contributed by atoms with Gasteiger partial charge in [0.2, 0.25) is 0 Å². The van der Waals surface area contributed by atoms with E-state index in [0.29, 0.717) is 0 Å². The summed E-state index contributed by atoms with van der Waals surface area (Å²) in [5.74, 6) is 5.60. The second-order valence-electron chi connectivity index (χ2n) is 3.74. The number of halogens is 1. The lowest BCUT2D eigenvalue weighted by molar-refractivity contribution is 0.617. The summed E-state index contributed by atoms with van der Waals surface area (Å²) in [6, 6.07) is 5.95. The fourth-order valence-corrected chi connectivity index (χ4v) is 1.91. The van der Waals surface area contributed by atoms with Crippen LogP contribution in [0.5, 0.6) is 0 Å². The van der Waals surface area contributed by atoms with Crippen LogP contribution in [0.15, 0.2) is 41.3 Å². The highest BCUT2D eigenvalue weighted by atomic mass is 79.9. The number of rotatable bonds is 3. The highest BCUT2D eigenvalue weighted by Gasteiger charge is 2.14. The maximum absolute atomic E-state index is 5.60. The molecule has 1 heterocycles. The number of hydrazine groups is 1. The monoisotopic (exact) mass is 292 g/mol. The molecule has 88 valence electrons. The van der Waals surface area contributed by atoms with E-state index in [4.69, 9.17) is 5.84 Å². The molecule has 0 aliphatic rings. The summed E-state index contributed by atoms with van der Waals surface area (Å²) in [5.41, 5.74) is 5.79. The SMILES string of the molecule is Cc1cc(C(NN)c2cnccn2)ccc1Br. The number of hydrogen-bond acceptors (Lipinski definition) is 4. The van der Waals surface area contributed by atoms with Gasteiger partial charge in [0.25, 0.3) is 0 Å². The van der Waals surface area contributed by atoms with Crippen molar-refractivity contribution < 1.29 is 0 Å². The molecular weight excluding hydrogens is 280 g/mol. The van der Waals surface area contributed by atoms with Crippen LogP contribution in [-0.4, -0.2) is 9.97 Å². The molecular formula is C12H13BrN4. The van der Waals surface area contributed by atoms with Gasteiger partial charge >= 0.3 is 0 Å². The quantitative estimate of drug-likeness (QED) is 0.672. The van der Waals surface area contributed by atoms with Crippen LogP contribution in [0, 0.1) is 6.92 Å². The summed E-state index contributed by atoms with van der Waals surface area (Å²) in [6.45, 7) is 2.04. The zero-order valence-corrected chi connectivity index (χ0v) is 11.0. The van der Waals surface area contributed by atoms with E-state index >= 15 is 0 Å². The normalized spacial score (nSPS) is 12.4. The van der Waals surface area contributed by atoms with Crippen molar-refractivity contribution in [3.05, 3.63) is 58.1 Å². The van der Waals surface area contributed by atoms with Crippen molar-refractivity contribution in [1.29, 1.82) is 0 Å². The zero-order chi connectivity index (χ0) is 12.3. The van der Waals surface area contributed by atoms with Crippen molar-refractivity contribution in [3.63, 3.8) is 0 Å².